The van der Waals surface area contributed by atoms with Crippen LogP contribution in [-0.2, 0) is 33.2 Å². The molecule has 2 bridgehead atoms. The number of amides is 2. The Hall–Kier alpha value is -4.47. The number of carbonyl (C=O) groups is 2. The van der Waals surface area contributed by atoms with Crippen LogP contribution in [0.15, 0.2) is 60.9 Å². The van der Waals surface area contributed by atoms with E-state index in [1.807, 2.05) is 0 Å². The summed E-state index contributed by atoms with van der Waals surface area (Å²) in [7, 11) is 0. The van der Waals surface area contributed by atoms with Gasteiger partial charge in [-0.05, 0) is 61.1 Å². The molecule has 19 heteroatoms. The Morgan fingerprint density at radius 2 is 1.27 bits per heavy atom. The summed E-state index contributed by atoms with van der Waals surface area (Å²) >= 11 is 0. The van der Waals surface area contributed by atoms with Crippen LogP contribution in [0.5, 0.6) is 5.75 Å². The van der Waals surface area contributed by atoms with E-state index < -0.39 is 18.6 Å². The zero-order chi connectivity index (χ0) is 41.9. The predicted molar refractivity (Wildman–Crippen MR) is 206 cm³/mol. The predicted octanol–water partition coefficient (Wildman–Crippen LogP) is 3.11. The van der Waals surface area contributed by atoms with Gasteiger partial charge in [0.15, 0.2) is 0 Å². The van der Waals surface area contributed by atoms with E-state index in [4.69, 9.17) is 28.4 Å². The van der Waals surface area contributed by atoms with Crippen molar-refractivity contribution >= 4 is 23.3 Å². The number of anilines is 2. The van der Waals surface area contributed by atoms with Gasteiger partial charge in [0.05, 0.1) is 97.2 Å². The maximum Gasteiger partial charge on any atom is 0.573 e. The first-order valence-corrected chi connectivity index (χ1v) is 19.5. The Morgan fingerprint density at radius 1 is 0.695 bits per heavy atom. The maximum atomic E-state index is 12.8. The number of hydrogen-bond donors (Lipinski definition) is 5. The number of nitrogens with one attached hydrogen (secondary N) is 3. The molecule has 5 N–H and O–H groups in total. The van der Waals surface area contributed by atoms with E-state index in [-0.39, 0.29) is 35.3 Å². The fourth-order valence-corrected chi connectivity index (χ4v) is 6.81. The molecule has 3 aromatic rings. The minimum Gasteiger partial charge on any atom is -0.406 e. The molecule has 0 aliphatic heterocycles. The lowest BCUT2D eigenvalue weighted by Gasteiger charge is -2.28. The summed E-state index contributed by atoms with van der Waals surface area (Å²) in [6.07, 6.45) is -3.62. The summed E-state index contributed by atoms with van der Waals surface area (Å²) in [4.78, 5) is 33.6. The number of halogens is 3. The van der Waals surface area contributed by atoms with Gasteiger partial charge in [-0.3, -0.25) is 9.59 Å². The van der Waals surface area contributed by atoms with Crippen molar-refractivity contribution in [2.24, 2.45) is 17.8 Å². The van der Waals surface area contributed by atoms with Crippen molar-refractivity contribution < 1.29 is 66.1 Å². The summed E-state index contributed by atoms with van der Waals surface area (Å²) in [6, 6.07) is 13.8. The fraction of sp³-hybridized carbons (Fsp3) is 0.550. The first-order chi connectivity index (χ1) is 28.6. The van der Waals surface area contributed by atoms with Gasteiger partial charge in [-0.2, -0.15) is 0 Å². The number of carbonyl (C=O) groups excluding carboxylic acids is 2. The second kappa shape index (κ2) is 24.0. The standard InChI is InChI=1S/C40H52F3N5O11/c41-40(42,43)59-31-6-4-30(5-7-31)48-35-25-34(46-26-47-35)27-2-1-3-28(22-27)38(51)44-8-10-53-12-14-55-16-18-57-20-21-58-19-17-56-15-13-54-11-9-45-39(52)33-24-29-23-32(33)37(50)36(29)49/h1-7,22,25-26,29,32-33,36-37,49-50H,8-21,23-24H2,(H,44,51)(H,45,52)(H,46,47,48)/t29-,32+,33?,36-,37+/m0/s1. The molecule has 1 aromatic heterocycles. The molecular weight excluding hydrogens is 783 g/mol. The normalized spacial score (nSPS) is 19.8. The lowest BCUT2D eigenvalue weighted by molar-refractivity contribution is -0.274. The number of fused-ring (bicyclic) bond motifs is 2. The Kier molecular flexibility index (Phi) is 18.5. The third kappa shape index (κ3) is 15.6. The number of ether oxygens (including phenoxy) is 7. The van der Waals surface area contributed by atoms with E-state index >= 15 is 0 Å². The molecule has 16 nitrogen and oxygen atoms in total. The van der Waals surface area contributed by atoms with Gasteiger partial charge < -0.3 is 59.3 Å². The number of aliphatic hydroxyl groups excluding tert-OH is 2. The summed E-state index contributed by atoms with van der Waals surface area (Å²) < 4.78 is 74.2. The molecular formula is C40H52F3N5O11. The van der Waals surface area contributed by atoms with Crippen LogP contribution >= 0.6 is 0 Å². The average Bonchev–Trinajstić information content (AvgIpc) is 3.79. The number of aliphatic hydroxyl groups is 2. The van der Waals surface area contributed by atoms with Gasteiger partial charge in [-0.25, -0.2) is 9.97 Å². The van der Waals surface area contributed by atoms with Gasteiger partial charge in [-0.1, -0.05) is 12.1 Å². The van der Waals surface area contributed by atoms with Crippen molar-refractivity contribution in [2.75, 3.05) is 97.7 Å². The first kappa shape index (κ1) is 45.6. The minimum absolute atomic E-state index is 0.0133. The molecule has 0 radical (unpaired) electrons. The highest BCUT2D eigenvalue weighted by molar-refractivity contribution is 5.95. The Morgan fingerprint density at radius 3 is 1.83 bits per heavy atom. The zero-order valence-electron chi connectivity index (χ0n) is 32.6. The van der Waals surface area contributed by atoms with Gasteiger partial charge >= 0.3 is 6.36 Å². The second-order valence-corrected chi connectivity index (χ2v) is 13.8. The number of aromatic nitrogens is 2. The molecule has 2 fully saturated rings. The zero-order valence-corrected chi connectivity index (χ0v) is 32.6. The van der Waals surface area contributed by atoms with Crippen molar-refractivity contribution in [1.82, 2.24) is 20.6 Å². The lowest BCUT2D eigenvalue weighted by atomic mass is 9.84. The molecule has 1 unspecified atom stereocenters. The van der Waals surface area contributed by atoms with Gasteiger partial charge in [0.2, 0.25) is 5.91 Å². The van der Waals surface area contributed by atoms with Crippen molar-refractivity contribution in [3.8, 4) is 17.0 Å². The molecule has 2 aliphatic carbocycles. The summed E-state index contributed by atoms with van der Waals surface area (Å²) in [5, 5.41) is 28.6. The molecule has 0 saturated heterocycles. The number of hydrogen-bond acceptors (Lipinski definition) is 14. The van der Waals surface area contributed by atoms with Crippen LogP contribution in [0.4, 0.5) is 24.7 Å². The highest BCUT2D eigenvalue weighted by atomic mass is 19.4. The minimum atomic E-state index is -4.77. The molecule has 0 spiro atoms. The van der Waals surface area contributed by atoms with Crippen LogP contribution in [0, 0.1) is 17.8 Å². The number of alkyl halides is 3. The largest absolute Gasteiger partial charge is 0.573 e. The molecule has 5 atom stereocenters. The number of rotatable bonds is 27. The highest BCUT2D eigenvalue weighted by Crippen LogP contribution is 2.48. The highest BCUT2D eigenvalue weighted by Gasteiger charge is 2.53. The molecule has 59 heavy (non-hydrogen) atoms. The SMILES string of the molecule is O=C(NCCOCCOCCOCCOCCOCCOCCNC(=O)C1C[C@@H]2C[C@H]1[C@@H](O)[C@H]2O)c1cccc(-c2cc(Nc3ccc(OC(F)(F)F)cc3)ncn2)c1. The van der Waals surface area contributed by atoms with Crippen LogP contribution in [0.2, 0.25) is 0 Å². The van der Waals surface area contributed by atoms with Gasteiger partial charge in [0.1, 0.15) is 17.9 Å². The van der Waals surface area contributed by atoms with Crippen molar-refractivity contribution in [3.63, 3.8) is 0 Å². The number of nitrogens with zero attached hydrogens (tertiary/aromatic N) is 2. The average molecular weight is 836 g/mol. The van der Waals surface area contributed by atoms with Crippen molar-refractivity contribution in [3.05, 3.63) is 66.5 Å². The third-order valence-electron chi connectivity index (χ3n) is 9.64. The van der Waals surface area contributed by atoms with E-state index in [2.05, 4.69) is 30.7 Å². The molecule has 2 aliphatic rings. The maximum absolute atomic E-state index is 12.8. The summed E-state index contributed by atoms with van der Waals surface area (Å²) in [6.45, 7) is 5.34. The van der Waals surface area contributed by atoms with Gasteiger partial charge in [0.25, 0.3) is 5.91 Å². The Labute approximate surface area is 340 Å². The van der Waals surface area contributed by atoms with Crippen LogP contribution in [0.25, 0.3) is 11.3 Å². The van der Waals surface area contributed by atoms with E-state index in [1.54, 1.807) is 30.3 Å². The molecule has 2 aromatic carbocycles. The van der Waals surface area contributed by atoms with Crippen molar-refractivity contribution in [2.45, 2.75) is 31.4 Å². The third-order valence-corrected chi connectivity index (χ3v) is 9.64. The summed E-state index contributed by atoms with van der Waals surface area (Å²) in [5.74, 6) is -0.692. The van der Waals surface area contributed by atoms with Crippen LogP contribution in [0.1, 0.15) is 23.2 Å². The molecule has 2 amide bonds. The van der Waals surface area contributed by atoms with Crippen LogP contribution in [0.3, 0.4) is 0 Å². The fourth-order valence-electron chi connectivity index (χ4n) is 6.81. The molecule has 2 saturated carbocycles. The quantitative estimate of drug-likeness (QED) is 0.0702. The van der Waals surface area contributed by atoms with E-state index in [0.29, 0.717) is 134 Å². The van der Waals surface area contributed by atoms with E-state index in [0.717, 1.165) is 0 Å². The molecule has 1 heterocycles. The van der Waals surface area contributed by atoms with Crippen LogP contribution < -0.4 is 20.7 Å². The number of benzene rings is 2. The second-order valence-electron chi connectivity index (χ2n) is 13.8. The van der Waals surface area contributed by atoms with Crippen molar-refractivity contribution in [1.29, 1.82) is 0 Å². The van der Waals surface area contributed by atoms with Crippen LogP contribution in [-0.4, -0.2) is 143 Å². The topological polar surface area (TPSA) is 201 Å². The Bertz CT molecular complexity index is 1720. The monoisotopic (exact) mass is 835 g/mol. The van der Waals surface area contributed by atoms with E-state index in [1.165, 1.54) is 30.6 Å². The molecule has 324 valence electrons. The first-order valence-electron chi connectivity index (χ1n) is 19.5. The van der Waals surface area contributed by atoms with E-state index in [9.17, 15) is 33.0 Å². The lowest BCUT2D eigenvalue weighted by Crippen LogP contribution is -2.43. The smallest absolute Gasteiger partial charge is 0.406 e. The van der Waals surface area contributed by atoms with Gasteiger partial charge in [0, 0.05) is 41.9 Å². The Balaban J connectivity index is 0.795. The van der Waals surface area contributed by atoms with Gasteiger partial charge in [-0.15, -0.1) is 13.2 Å². The molecule has 5 rings (SSSR count). The summed E-state index contributed by atoms with van der Waals surface area (Å²) in [5.41, 5.74) is 2.12.